The second-order valence-electron chi connectivity index (χ2n) is 4.79. The van der Waals surface area contributed by atoms with Crippen LogP contribution in [0.5, 0.6) is 0 Å². The zero-order chi connectivity index (χ0) is 15.6. The number of carbonyl (C=O) groups is 2. The van der Waals surface area contributed by atoms with Gasteiger partial charge in [0.2, 0.25) is 11.8 Å². The van der Waals surface area contributed by atoms with Gasteiger partial charge in [0, 0.05) is 25.1 Å². The number of hydrogen-bond acceptors (Lipinski definition) is 2. The number of nitrogens with zero attached hydrogens (tertiary/aromatic N) is 1. The quantitative estimate of drug-likeness (QED) is 0.861. The van der Waals surface area contributed by atoms with Gasteiger partial charge in [-0.05, 0) is 19.4 Å². The molecule has 1 aromatic rings. The topological polar surface area (TPSA) is 49.4 Å². The largest absolute Gasteiger partial charge is 0.350 e. The summed E-state index contributed by atoms with van der Waals surface area (Å²) in [6.45, 7) is 1.92. The molecule has 2 amide bonds. The Morgan fingerprint density at radius 2 is 2.05 bits per heavy atom. The lowest BCUT2D eigenvalue weighted by atomic mass is 10.1. The molecule has 0 bridgehead atoms. The molecular formula is C14H15F3N2O2. The van der Waals surface area contributed by atoms with Crippen LogP contribution in [0.1, 0.15) is 25.3 Å². The summed E-state index contributed by atoms with van der Waals surface area (Å²) in [6, 6.07) is 1.29. The van der Waals surface area contributed by atoms with Crippen LogP contribution < -0.4 is 5.32 Å². The van der Waals surface area contributed by atoms with Crippen LogP contribution >= 0.6 is 0 Å². The maximum Gasteiger partial charge on any atom is 0.243 e. The molecule has 1 aromatic carbocycles. The van der Waals surface area contributed by atoms with Crippen LogP contribution in [0.25, 0.3) is 0 Å². The zero-order valence-electron chi connectivity index (χ0n) is 11.5. The van der Waals surface area contributed by atoms with E-state index in [1.807, 2.05) is 0 Å². The minimum absolute atomic E-state index is 0.100. The Kier molecular flexibility index (Phi) is 4.50. The van der Waals surface area contributed by atoms with E-state index in [-0.39, 0.29) is 18.0 Å². The smallest absolute Gasteiger partial charge is 0.243 e. The lowest BCUT2D eigenvalue weighted by molar-refractivity contribution is -0.135. The summed E-state index contributed by atoms with van der Waals surface area (Å²) in [4.78, 5) is 25.0. The molecule has 1 fully saturated rings. The Balaban J connectivity index is 2.02. The van der Waals surface area contributed by atoms with Gasteiger partial charge in [-0.2, -0.15) is 0 Å². The van der Waals surface area contributed by atoms with Gasteiger partial charge in [-0.3, -0.25) is 9.59 Å². The molecule has 0 saturated carbocycles. The number of hydrogen-bond donors (Lipinski definition) is 1. The molecule has 1 aliphatic heterocycles. The number of likely N-dealkylation sites (tertiary alicyclic amines) is 1. The monoisotopic (exact) mass is 300 g/mol. The Morgan fingerprint density at radius 1 is 1.33 bits per heavy atom. The van der Waals surface area contributed by atoms with E-state index in [4.69, 9.17) is 0 Å². The Bertz CT molecular complexity index is 578. The average Bonchev–Trinajstić information content (AvgIpc) is 2.84. The molecule has 1 saturated heterocycles. The molecule has 114 valence electrons. The number of likely N-dealkylation sites (N-methyl/N-ethyl adjacent to an activating group) is 1. The van der Waals surface area contributed by atoms with E-state index in [0.717, 1.165) is 12.1 Å². The first-order valence-electron chi connectivity index (χ1n) is 6.65. The molecule has 0 spiro atoms. The van der Waals surface area contributed by atoms with Crippen LogP contribution in [-0.4, -0.2) is 29.3 Å². The number of nitrogens with one attached hydrogen (secondary N) is 1. The highest BCUT2D eigenvalue weighted by atomic mass is 19.2. The van der Waals surface area contributed by atoms with Crippen molar-refractivity contribution in [2.24, 2.45) is 0 Å². The van der Waals surface area contributed by atoms with Gasteiger partial charge in [0.25, 0.3) is 0 Å². The molecule has 2 rings (SSSR count). The summed E-state index contributed by atoms with van der Waals surface area (Å²) in [6.07, 6.45) is 0.699. The molecule has 1 aliphatic rings. The first kappa shape index (κ1) is 15.3. The van der Waals surface area contributed by atoms with Gasteiger partial charge in [-0.15, -0.1) is 0 Å². The van der Waals surface area contributed by atoms with Crippen LogP contribution in [0.4, 0.5) is 13.2 Å². The van der Waals surface area contributed by atoms with Crippen molar-refractivity contribution in [3.63, 3.8) is 0 Å². The number of rotatable bonds is 4. The van der Waals surface area contributed by atoms with E-state index in [1.165, 1.54) is 4.90 Å². The van der Waals surface area contributed by atoms with Crippen LogP contribution in [0.15, 0.2) is 12.1 Å². The molecule has 21 heavy (non-hydrogen) atoms. The molecule has 0 radical (unpaired) electrons. The van der Waals surface area contributed by atoms with Gasteiger partial charge in [-0.1, -0.05) is 6.07 Å². The van der Waals surface area contributed by atoms with Crippen LogP contribution in [0.3, 0.4) is 0 Å². The first-order chi connectivity index (χ1) is 9.95. The van der Waals surface area contributed by atoms with Crippen LogP contribution in [-0.2, 0) is 16.1 Å². The molecule has 1 N–H and O–H groups in total. The van der Waals surface area contributed by atoms with Crippen molar-refractivity contribution in [3.05, 3.63) is 35.1 Å². The van der Waals surface area contributed by atoms with E-state index in [9.17, 15) is 22.8 Å². The predicted molar refractivity (Wildman–Crippen MR) is 68.6 cm³/mol. The van der Waals surface area contributed by atoms with Gasteiger partial charge in [-0.25, -0.2) is 13.2 Å². The Labute approximate surface area is 119 Å². The number of carbonyl (C=O) groups excluding carboxylic acids is 2. The van der Waals surface area contributed by atoms with Crippen molar-refractivity contribution in [2.45, 2.75) is 32.4 Å². The van der Waals surface area contributed by atoms with Gasteiger partial charge in [0.1, 0.15) is 6.04 Å². The molecule has 0 aromatic heterocycles. The maximum atomic E-state index is 13.5. The number of benzene rings is 1. The second-order valence-corrected chi connectivity index (χ2v) is 4.79. The normalized spacial score (nSPS) is 18.2. The highest BCUT2D eigenvalue weighted by Gasteiger charge is 2.34. The molecule has 0 aliphatic carbocycles. The van der Waals surface area contributed by atoms with E-state index in [2.05, 4.69) is 5.32 Å². The van der Waals surface area contributed by atoms with Crippen molar-refractivity contribution in [2.75, 3.05) is 6.54 Å². The van der Waals surface area contributed by atoms with Crippen molar-refractivity contribution in [1.82, 2.24) is 10.2 Å². The standard InChI is InChI=1S/C14H15F3N2O2/c1-2-19-10(5-6-11(19)20)14(21)18-7-8-3-4-9(15)13(17)12(8)16/h3-4,10H,2,5-7H2,1H3,(H,18,21)/t10-/m0/s1. The van der Waals surface area contributed by atoms with Crippen molar-refractivity contribution >= 4 is 11.8 Å². The Hall–Kier alpha value is -2.05. The second kappa shape index (κ2) is 6.15. The van der Waals surface area contributed by atoms with Crippen LogP contribution in [0, 0.1) is 17.5 Å². The summed E-state index contributed by atoms with van der Waals surface area (Å²) >= 11 is 0. The fourth-order valence-electron chi connectivity index (χ4n) is 2.41. The average molecular weight is 300 g/mol. The number of amides is 2. The molecular weight excluding hydrogens is 285 g/mol. The lowest BCUT2D eigenvalue weighted by Gasteiger charge is -2.22. The maximum absolute atomic E-state index is 13.5. The lowest BCUT2D eigenvalue weighted by Crippen LogP contribution is -2.44. The van der Waals surface area contributed by atoms with Gasteiger partial charge in [0.05, 0.1) is 0 Å². The third kappa shape index (κ3) is 3.01. The van der Waals surface area contributed by atoms with E-state index in [0.29, 0.717) is 19.4 Å². The fraction of sp³-hybridized carbons (Fsp3) is 0.429. The summed E-state index contributed by atoms with van der Waals surface area (Å²) in [5.41, 5.74) is -0.144. The highest BCUT2D eigenvalue weighted by Crippen LogP contribution is 2.19. The van der Waals surface area contributed by atoms with E-state index in [1.54, 1.807) is 6.92 Å². The van der Waals surface area contributed by atoms with Crippen LogP contribution in [0.2, 0.25) is 0 Å². The predicted octanol–water partition coefficient (Wildman–Crippen LogP) is 1.73. The first-order valence-corrected chi connectivity index (χ1v) is 6.65. The van der Waals surface area contributed by atoms with Gasteiger partial charge >= 0.3 is 0 Å². The molecule has 1 atom stereocenters. The van der Waals surface area contributed by atoms with E-state index >= 15 is 0 Å². The Morgan fingerprint density at radius 3 is 2.71 bits per heavy atom. The molecule has 0 unspecified atom stereocenters. The minimum Gasteiger partial charge on any atom is -0.350 e. The third-order valence-corrected chi connectivity index (χ3v) is 3.54. The molecule has 1 heterocycles. The van der Waals surface area contributed by atoms with Gasteiger partial charge in [0.15, 0.2) is 17.5 Å². The summed E-state index contributed by atoms with van der Waals surface area (Å²) in [7, 11) is 0. The van der Waals surface area contributed by atoms with Crippen molar-refractivity contribution in [1.29, 1.82) is 0 Å². The van der Waals surface area contributed by atoms with Gasteiger partial charge < -0.3 is 10.2 Å². The van der Waals surface area contributed by atoms with E-state index < -0.39 is 29.4 Å². The zero-order valence-corrected chi connectivity index (χ0v) is 11.5. The fourth-order valence-corrected chi connectivity index (χ4v) is 2.41. The summed E-state index contributed by atoms with van der Waals surface area (Å²) in [5, 5.41) is 2.45. The minimum atomic E-state index is -1.56. The van der Waals surface area contributed by atoms with Crippen molar-refractivity contribution in [3.8, 4) is 0 Å². The highest BCUT2D eigenvalue weighted by molar-refractivity contribution is 5.90. The molecule has 4 nitrogen and oxygen atoms in total. The molecule has 7 heteroatoms. The number of halogens is 3. The summed E-state index contributed by atoms with van der Waals surface area (Å²) in [5.74, 6) is -4.68. The SMILES string of the molecule is CCN1C(=O)CC[C@H]1C(=O)NCc1ccc(F)c(F)c1F. The van der Waals surface area contributed by atoms with Crippen molar-refractivity contribution < 1.29 is 22.8 Å². The summed E-state index contributed by atoms with van der Waals surface area (Å²) < 4.78 is 39.3. The third-order valence-electron chi connectivity index (χ3n) is 3.54.